The van der Waals surface area contributed by atoms with Crippen LogP contribution >= 0.6 is 0 Å². The molecule has 0 radical (unpaired) electrons. The van der Waals surface area contributed by atoms with E-state index in [1.54, 1.807) is 48.5 Å². The average Bonchev–Trinajstić information content (AvgIpc) is 2.62. The van der Waals surface area contributed by atoms with Gasteiger partial charge in [-0.1, -0.05) is 48.5 Å². The van der Waals surface area contributed by atoms with Gasteiger partial charge in [0.1, 0.15) is 5.75 Å². The second kappa shape index (κ2) is 6.75. The SMILES string of the molecule is O=C(Oc1ccccc1)c1ccc([N+](=O)[O-])cc1-c1ccccc1. The molecule has 24 heavy (non-hydrogen) atoms. The zero-order valence-electron chi connectivity index (χ0n) is 12.6. The average molecular weight is 319 g/mol. The van der Waals surface area contributed by atoms with Gasteiger partial charge in [-0.3, -0.25) is 10.1 Å². The number of para-hydroxylation sites is 1. The Morgan fingerprint density at radius 2 is 1.50 bits per heavy atom. The first-order chi connectivity index (χ1) is 11.6. The number of nitro groups is 1. The Kier molecular flexibility index (Phi) is 4.34. The summed E-state index contributed by atoms with van der Waals surface area (Å²) in [5.41, 5.74) is 1.37. The number of carbonyl (C=O) groups is 1. The first kappa shape index (κ1) is 15.4. The summed E-state index contributed by atoms with van der Waals surface area (Å²) in [5, 5.41) is 11.0. The Balaban J connectivity index is 2.03. The van der Waals surface area contributed by atoms with E-state index in [9.17, 15) is 14.9 Å². The van der Waals surface area contributed by atoms with Gasteiger partial charge in [0, 0.05) is 17.7 Å². The Hall–Kier alpha value is -3.47. The quantitative estimate of drug-likeness (QED) is 0.308. The highest BCUT2D eigenvalue weighted by Gasteiger charge is 2.18. The summed E-state index contributed by atoms with van der Waals surface area (Å²) in [6.07, 6.45) is 0. The molecule has 3 aromatic rings. The molecule has 3 rings (SSSR count). The van der Waals surface area contributed by atoms with Gasteiger partial charge in [0.15, 0.2) is 0 Å². The number of ether oxygens (including phenoxy) is 1. The molecule has 0 aromatic heterocycles. The predicted octanol–water partition coefficient (Wildman–Crippen LogP) is 4.48. The number of nitrogens with zero attached hydrogens (tertiary/aromatic N) is 1. The first-order valence-corrected chi connectivity index (χ1v) is 7.26. The minimum Gasteiger partial charge on any atom is -0.423 e. The van der Waals surface area contributed by atoms with E-state index in [1.807, 2.05) is 12.1 Å². The van der Waals surface area contributed by atoms with Crippen LogP contribution < -0.4 is 4.74 Å². The fourth-order valence-corrected chi connectivity index (χ4v) is 2.33. The van der Waals surface area contributed by atoms with Crippen molar-refractivity contribution in [2.45, 2.75) is 0 Å². The highest BCUT2D eigenvalue weighted by Crippen LogP contribution is 2.29. The Morgan fingerprint density at radius 1 is 0.875 bits per heavy atom. The van der Waals surface area contributed by atoms with Crippen LogP contribution in [-0.2, 0) is 0 Å². The second-order valence-electron chi connectivity index (χ2n) is 5.06. The van der Waals surface area contributed by atoms with E-state index in [1.165, 1.54) is 18.2 Å². The van der Waals surface area contributed by atoms with E-state index in [-0.39, 0.29) is 11.3 Å². The van der Waals surface area contributed by atoms with Crippen molar-refractivity contribution in [1.29, 1.82) is 0 Å². The molecule has 0 fully saturated rings. The maximum absolute atomic E-state index is 12.5. The molecular formula is C19H13NO4. The third kappa shape index (κ3) is 3.30. The van der Waals surface area contributed by atoms with Crippen molar-refractivity contribution in [3.05, 3.63) is 94.5 Å². The van der Waals surface area contributed by atoms with Crippen molar-refractivity contribution >= 4 is 11.7 Å². The van der Waals surface area contributed by atoms with Gasteiger partial charge in [0.25, 0.3) is 5.69 Å². The van der Waals surface area contributed by atoms with Crippen molar-refractivity contribution in [2.75, 3.05) is 0 Å². The Labute approximate surface area is 138 Å². The monoisotopic (exact) mass is 319 g/mol. The van der Waals surface area contributed by atoms with Crippen molar-refractivity contribution in [3.8, 4) is 16.9 Å². The number of carbonyl (C=O) groups excluding carboxylic acids is 1. The van der Waals surface area contributed by atoms with E-state index in [0.717, 1.165) is 0 Å². The highest BCUT2D eigenvalue weighted by molar-refractivity contribution is 5.99. The van der Waals surface area contributed by atoms with Crippen molar-refractivity contribution in [1.82, 2.24) is 0 Å². The maximum Gasteiger partial charge on any atom is 0.344 e. The van der Waals surface area contributed by atoms with E-state index in [4.69, 9.17) is 4.74 Å². The van der Waals surface area contributed by atoms with Gasteiger partial charge >= 0.3 is 5.97 Å². The molecule has 0 aliphatic carbocycles. The number of hydrogen-bond donors (Lipinski definition) is 0. The summed E-state index contributed by atoms with van der Waals surface area (Å²) in [7, 11) is 0. The van der Waals surface area contributed by atoms with Crippen LogP contribution in [0.4, 0.5) is 5.69 Å². The standard InChI is InChI=1S/C19H13NO4/c21-19(24-16-9-5-2-6-10-16)17-12-11-15(20(22)23)13-18(17)14-7-3-1-4-8-14/h1-13H. The van der Waals surface area contributed by atoms with Crippen LogP contribution in [0.15, 0.2) is 78.9 Å². The fourth-order valence-electron chi connectivity index (χ4n) is 2.33. The molecule has 0 amide bonds. The zero-order valence-corrected chi connectivity index (χ0v) is 12.6. The molecule has 0 unspecified atom stereocenters. The number of benzene rings is 3. The molecule has 0 heterocycles. The lowest BCUT2D eigenvalue weighted by Gasteiger charge is -2.10. The molecule has 0 aliphatic heterocycles. The molecule has 0 spiro atoms. The van der Waals surface area contributed by atoms with Crippen molar-refractivity contribution in [2.24, 2.45) is 0 Å². The molecule has 0 atom stereocenters. The van der Waals surface area contributed by atoms with E-state index in [0.29, 0.717) is 16.9 Å². The summed E-state index contributed by atoms with van der Waals surface area (Å²) in [6, 6.07) is 21.8. The van der Waals surface area contributed by atoms with Gasteiger partial charge in [0.2, 0.25) is 0 Å². The minimum absolute atomic E-state index is 0.0786. The van der Waals surface area contributed by atoms with Crippen LogP contribution in [0.25, 0.3) is 11.1 Å². The van der Waals surface area contributed by atoms with Gasteiger partial charge in [-0.25, -0.2) is 4.79 Å². The fraction of sp³-hybridized carbons (Fsp3) is 0. The number of hydrogen-bond acceptors (Lipinski definition) is 4. The topological polar surface area (TPSA) is 69.4 Å². The molecule has 0 saturated carbocycles. The molecule has 0 saturated heterocycles. The number of rotatable bonds is 4. The van der Waals surface area contributed by atoms with E-state index >= 15 is 0 Å². The Morgan fingerprint density at radius 3 is 2.12 bits per heavy atom. The predicted molar refractivity (Wildman–Crippen MR) is 89.9 cm³/mol. The zero-order chi connectivity index (χ0) is 16.9. The minimum atomic E-state index is -0.560. The van der Waals surface area contributed by atoms with Gasteiger partial charge in [-0.15, -0.1) is 0 Å². The molecular weight excluding hydrogens is 306 g/mol. The van der Waals surface area contributed by atoms with Crippen molar-refractivity contribution in [3.63, 3.8) is 0 Å². The third-order valence-corrected chi connectivity index (χ3v) is 3.47. The van der Waals surface area contributed by atoms with Crippen LogP contribution in [0.2, 0.25) is 0 Å². The van der Waals surface area contributed by atoms with Crippen LogP contribution in [0.1, 0.15) is 10.4 Å². The van der Waals surface area contributed by atoms with E-state index < -0.39 is 10.9 Å². The van der Waals surface area contributed by atoms with Gasteiger partial charge in [0.05, 0.1) is 10.5 Å². The van der Waals surface area contributed by atoms with E-state index in [2.05, 4.69) is 0 Å². The van der Waals surface area contributed by atoms with Crippen LogP contribution in [-0.4, -0.2) is 10.9 Å². The molecule has 0 N–H and O–H groups in total. The van der Waals surface area contributed by atoms with Crippen LogP contribution in [0.5, 0.6) is 5.75 Å². The number of non-ortho nitro benzene ring substituents is 1. The van der Waals surface area contributed by atoms with Gasteiger partial charge in [-0.05, 0) is 23.8 Å². The smallest absolute Gasteiger partial charge is 0.344 e. The van der Waals surface area contributed by atoms with Crippen LogP contribution in [0, 0.1) is 10.1 Å². The van der Waals surface area contributed by atoms with Gasteiger partial charge in [-0.2, -0.15) is 0 Å². The molecule has 0 bridgehead atoms. The summed E-state index contributed by atoms with van der Waals surface area (Å²) >= 11 is 0. The summed E-state index contributed by atoms with van der Waals surface area (Å²) in [5.74, 6) is -0.144. The molecule has 5 heteroatoms. The molecule has 3 aromatic carbocycles. The third-order valence-electron chi connectivity index (χ3n) is 3.47. The summed E-state index contributed by atoms with van der Waals surface area (Å²) < 4.78 is 5.35. The maximum atomic E-state index is 12.5. The number of esters is 1. The first-order valence-electron chi connectivity index (χ1n) is 7.26. The second-order valence-corrected chi connectivity index (χ2v) is 5.06. The lowest BCUT2D eigenvalue weighted by molar-refractivity contribution is -0.384. The van der Waals surface area contributed by atoms with Gasteiger partial charge < -0.3 is 4.74 Å². The molecule has 118 valence electrons. The Bertz CT molecular complexity index is 876. The largest absolute Gasteiger partial charge is 0.423 e. The lowest BCUT2D eigenvalue weighted by Crippen LogP contribution is -2.10. The number of nitro benzene ring substituents is 1. The van der Waals surface area contributed by atoms with Crippen LogP contribution in [0.3, 0.4) is 0 Å². The normalized spacial score (nSPS) is 10.2. The molecule has 5 nitrogen and oxygen atoms in total. The highest BCUT2D eigenvalue weighted by atomic mass is 16.6. The lowest BCUT2D eigenvalue weighted by atomic mass is 9.99. The molecule has 0 aliphatic rings. The summed E-state index contributed by atoms with van der Waals surface area (Å²) in [4.78, 5) is 23.1. The summed E-state index contributed by atoms with van der Waals surface area (Å²) in [6.45, 7) is 0. The van der Waals surface area contributed by atoms with Crippen molar-refractivity contribution < 1.29 is 14.5 Å².